The number of phenolic OH excluding ortho intramolecular Hbond substituents is 1. The minimum atomic E-state index is -1.23. The predicted molar refractivity (Wildman–Crippen MR) is 144 cm³/mol. The molecule has 0 unspecified atom stereocenters. The minimum absolute atomic E-state index is 0.0421. The van der Waals surface area contributed by atoms with Crippen LogP contribution in [0.15, 0.2) is 54.6 Å². The number of phenols is 1. The van der Waals surface area contributed by atoms with Crippen LogP contribution in [0.2, 0.25) is 0 Å². The highest BCUT2D eigenvalue weighted by Crippen LogP contribution is 2.25. The van der Waals surface area contributed by atoms with Gasteiger partial charge in [-0.05, 0) is 36.4 Å². The number of rotatable bonds is 13. The first kappa shape index (κ1) is 30.4. The Balaban J connectivity index is 1.79. The summed E-state index contributed by atoms with van der Waals surface area (Å²) < 4.78 is 42.0. The number of carbonyl (C=O) groups is 3. The Morgan fingerprint density at radius 1 is 0.537 bits per heavy atom. The van der Waals surface area contributed by atoms with E-state index in [1.807, 2.05) is 0 Å². The summed E-state index contributed by atoms with van der Waals surface area (Å²) in [7, 11) is 7.10. The van der Waals surface area contributed by atoms with Gasteiger partial charge >= 0.3 is 17.9 Å². The smallest absolute Gasteiger partial charge is 0.338 e. The van der Waals surface area contributed by atoms with E-state index < -0.39 is 37.2 Å². The van der Waals surface area contributed by atoms with Gasteiger partial charge in [0.15, 0.2) is 6.10 Å². The second kappa shape index (κ2) is 14.3. The molecule has 1 N–H and O–H groups in total. The molecule has 12 nitrogen and oxygen atoms in total. The fraction of sp³-hybridized carbons (Fsp3) is 0.276. The SMILES string of the molecule is COc1cc(OC)cc(C(=O)OCC(COC(=O)c2cc(OC)cc(OC)c2)OC(=O)c2cc(O)cc(OC)c2)c1. The number of esters is 3. The molecule has 0 aromatic heterocycles. The van der Waals surface area contributed by atoms with Crippen molar-refractivity contribution in [2.24, 2.45) is 0 Å². The largest absolute Gasteiger partial charge is 0.508 e. The van der Waals surface area contributed by atoms with Crippen molar-refractivity contribution in [1.82, 2.24) is 0 Å². The number of ether oxygens (including phenoxy) is 8. The van der Waals surface area contributed by atoms with Crippen LogP contribution < -0.4 is 23.7 Å². The van der Waals surface area contributed by atoms with Crippen molar-refractivity contribution >= 4 is 17.9 Å². The lowest BCUT2D eigenvalue weighted by Gasteiger charge is -2.19. The van der Waals surface area contributed by atoms with Crippen LogP contribution in [0.5, 0.6) is 34.5 Å². The van der Waals surface area contributed by atoms with Crippen LogP contribution in [-0.4, -0.2) is 77.9 Å². The molecule has 0 fully saturated rings. The summed E-state index contributed by atoms with van der Waals surface area (Å²) >= 11 is 0. The normalized spacial score (nSPS) is 10.4. The quantitative estimate of drug-likeness (QED) is 0.236. The van der Waals surface area contributed by atoms with Gasteiger partial charge in [-0.1, -0.05) is 0 Å². The first-order chi connectivity index (χ1) is 19.7. The highest BCUT2D eigenvalue weighted by atomic mass is 16.6. The maximum atomic E-state index is 12.9. The molecule has 3 aromatic rings. The Kier molecular flexibility index (Phi) is 10.6. The van der Waals surface area contributed by atoms with Gasteiger partial charge in [-0.2, -0.15) is 0 Å². The Morgan fingerprint density at radius 3 is 1.24 bits per heavy atom. The van der Waals surface area contributed by atoms with E-state index in [1.54, 1.807) is 12.1 Å². The van der Waals surface area contributed by atoms with Crippen LogP contribution in [0.25, 0.3) is 0 Å². The maximum absolute atomic E-state index is 12.9. The highest BCUT2D eigenvalue weighted by molar-refractivity contribution is 5.92. The third-order valence-electron chi connectivity index (χ3n) is 5.61. The average Bonchev–Trinajstić information content (AvgIpc) is 3.00. The molecule has 0 bridgehead atoms. The van der Waals surface area contributed by atoms with Crippen molar-refractivity contribution in [1.29, 1.82) is 0 Å². The van der Waals surface area contributed by atoms with Gasteiger partial charge in [0.2, 0.25) is 0 Å². The Bertz CT molecular complexity index is 1270. The van der Waals surface area contributed by atoms with Crippen LogP contribution in [0.4, 0.5) is 0 Å². The van der Waals surface area contributed by atoms with E-state index in [4.69, 9.17) is 37.9 Å². The average molecular weight is 571 g/mol. The fourth-order valence-electron chi connectivity index (χ4n) is 3.51. The molecule has 218 valence electrons. The summed E-state index contributed by atoms with van der Waals surface area (Å²) in [5.74, 6) is -1.01. The van der Waals surface area contributed by atoms with Crippen LogP contribution in [0.3, 0.4) is 0 Å². The maximum Gasteiger partial charge on any atom is 0.338 e. The third kappa shape index (κ3) is 8.43. The molecular formula is C29H30O12. The van der Waals surface area contributed by atoms with Gasteiger partial charge in [0.05, 0.1) is 52.2 Å². The molecule has 0 aliphatic carbocycles. The van der Waals surface area contributed by atoms with Gasteiger partial charge in [0.1, 0.15) is 47.7 Å². The molecule has 0 heterocycles. The Labute approximate surface area is 236 Å². The van der Waals surface area contributed by atoms with E-state index in [0.29, 0.717) is 23.0 Å². The topological polar surface area (TPSA) is 145 Å². The van der Waals surface area contributed by atoms with E-state index in [0.717, 1.165) is 0 Å². The predicted octanol–water partition coefficient (Wildman–Crippen LogP) is 3.67. The van der Waals surface area contributed by atoms with Gasteiger partial charge in [-0.3, -0.25) is 0 Å². The lowest BCUT2D eigenvalue weighted by molar-refractivity contribution is -0.0254. The van der Waals surface area contributed by atoms with Gasteiger partial charge in [-0.25, -0.2) is 14.4 Å². The molecule has 0 spiro atoms. The summed E-state index contributed by atoms with van der Waals surface area (Å²) in [5.41, 5.74) is 0.188. The van der Waals surface area contributed by atoms with E-state index >= 15 is 0 Å². The van der Waals surface area contributed by atoms with Crippen molar-refractivity contribution < 1.29 is 57.4 Å². The van der Waals surface area contributed by atoms with Crippen LogP contribution in [-0.2, 0) is 14.2 Å². The van der Waals surface area contributed by atoms with Crippen molar-refractivity contribution in [2.75, 3.05) is 48.8 Å². The molecule has 0 saturated carbocycles. The van der Waals surface area contributed by atoms with Crippen molar-refractivity contribution in [3.8, 4) is 34.5 Å². The van der Waals surface area contributed by atoms with Crippen LogP contribution >= 0.6 is 0 Å². The fourth-order valence-corrected chi connectivity index (χ4v) is 3.51. The monoisotopic (exact) mass is 570 g/mol. The van der Waals surface area contributed by atoms with Crippen molar-refractivity contribution in [2.45, 2.75) is 6.10 Å². The zero-order valence-corrected chi connectivity index (χ0v) is 23.1. The minimum Gasteiger partial charge on any atom is -0.508 e. The molecule has 3 rings (SSSR count). The second-order valence-corrected chi connectivity index (χ2v) is 8.35. The van der Waals surface area contributed by atoms with Gasteiger partial charge in [-0.15, -0.1) is 0 Å². The highest BCUT2D eigenvalue weighted by Gasteiger charge is 2.23. The zero-order valence-electron chi connectivity index (χ0n) is 23.1. The summed E-state index contributed by atoms with van der Waals surface area (Å²) in [6, 6.07) is 12.8. The van der Waals surface area contributed by atoms with Crippen molar-refractivity contribution in [3.63, 3.8) is 0 Å². The Morgan fingerprint density at radius 2 is 0.878 bits per heavy atom. The summed E-state index contributed by atoms with van der Waals surface area (Å²) in [6.45, 7) is -0.955. The van der Waals surface area contributed by atoms with Gasteiger partial charge in [0.25, 0.3) is 0 Å². The van der Waals surface area contributed by atoms with Crippen LogP contribution in [0.1, 0.15) is 31.1 Å². The number of carbonyl (C=O) groups excluding carboxylic acids is 3. The summed E-state index contributed by atoms with van der Waals surface area (Å²) in [6.07, 6.45) is -1.23. The number of methoxy groups -OCH3 is 5. The summed E-state index contributed by atoms with van der Waals surface area (Å²) in [5, 5.41) is 9.92. The van der Waals surface area contributed by atoms with Crippen LogP contribution in [0, 0.1) is 0 Å². The number of benzene rings is 3. The molecule has 0 saturated heterocycles. The Hall–Kier alpha value is -5.13. The molecule has 0 aliphatic rings. The van der Waals surface area contributed by atoms with E-state index in [9.17, 15) is 19.5 Å². The first-order valence-electron chi connectivity index (χ1n) is 12.1. The first-order valence-corrected chi connectivity index (χ1v) is 12.1. The van der Waals surface area contributed by atoms with Gasteiger partial charge in [0, 0.05) is 18.2 Å². The third-order valence-corrected chi connectivity index (χ3v) is 5.61. The molecule has 0 aliphatic heterocycles. The van der Waals surface area contributed by atoms with Gasteiger partial charge < -0.3 is 43.0 Å². The number of hydrogen-bond donors (Lipinski definition) is 1. The summed E-state index contributed by atoms with van der Waals surface area (Å²) in [4.78, 5) is 38.5. The second-order valence-electron chi connectivity index (χ2n) is 8.35. The van der Waals surface area contributed by atoms with E-state index in [-0.39, 0.29) is 28.2 Å². The molecule has 12 heteroatoms. The molecular weight excluding hydrogens is 540 g/mol. The van der Waals surface area contributed by atoms with E-state index in [1.165, 1.54) is 78.0 Å². The lowest BCUT2D eigenvalue weighted by Crippen LogP contribution is -2.31. The van der Waals surface area contributed by atoms with E-state index in [2.05, 4.69) is 0 Å². The molecule has 41 heavy (non-hydrogen) atoms. The zero-order chi connectivity index (χ0) is 29.9. The molecule has 0 radical (unpaired) electrons. The molecule has 3 aromatic carbocycles. The standard InChI is InChI=1S/C29H30O12/c1-34-21-7-17(6-20(30)12-21)29(33)41-26(15-39-27(31)18-8-22(35-2)13-23(9-18)36-3)16-40-28(32)19-10-24(37-4)14-25(11-19)38-5/h6-14,26,30H,15-16H2,1-5H3. The molecule has 0 amide bonds. The lowest BCUT2D eigenvalue weighted by atomic mass is 10.2. The van der Waals surface area contributed by atoms with Crippen molar-refractivity contribution in [3.05, 3.63) is 71.3 Å². The number of hydrogen-bond acceptors (Lipinski definition) is 12. The number of aromatic hydroxyl groups is 1. The molecule has 0 atom stereocenters.